The van der Waals surface area contributed by atoms with Gasteiger partial charge >= 0.3 is 0 Å². The van der Waals surface area contributed by atoms with Gasteiger partial charge in [0.25, 0.3) is 0 Å². The van der Waals surface area contributed by atoms with E-state index in [2.05, 4.69) is 32.9 Å². The zero-order chi connectivity index (χ0) is 19.1. The first-order chi connectivity index (χ1) is 13.0. The fraction of sp³-hybridized carbons (Fsp3) is 0.208. The van der Waals surface area contributed by atoms with Crippen molar-refractivity contribution in [3.63, 3.8) is 0 Å². The molecule has 0 fully saturated rings. The number of anilines is 1. The summed E-state index contributed by atoms with van der Waals surface area (Å²) in [6.45, 7) is 6.45. The van der Waals surface area contributed by atoms with Crippen molar-refractivity contribution in [3.05, 3.63) is 96.1 Å². The number of nitrogens with zero attached hydrogens (tertiary/aromatic N) is 2. The highest BCUT2D eigenvalue weighted by Gasteiger charge is 2.57. The molecule has 1 aliphatic heterocycles. The number of hydrogen-bond acceptors (Lipinski definition) is 3. The van der Waals surface area contributed by atoms with Gasteiger partial charge in [0.05, 0.1) is 17.1 Å². The van der Waals surface area contributed by atoms with Crippen molar-refractivity contribution in [3.8, 4) is 0 Å². The highest BCUT2D eigenvalue weighted by Crippen LogP contribution is 2.54. The van der Waals surface area contributed by atoms with E-state index in [1.165, 1.54) is 5.06 Å². The van der Waals surface area contributed by atoms with Crippen molar-refractivity contribution in [2.45, 2.75) is 26.3 Å². The summed E-state index contributed by atoms with van der Waals surface area (Å²) in [5, 5.41) is 12.9. The normalized spacial score (nSPS) is 20.7. The van der Waals surface area contributed by atoms with E-state index in [0.29, 0.717) is 0 Å². The van der Waals surface area contributed by atoms with E-state index in [1.807, 2.05) is 72.8 Å². The molecule has 3 aromatic carbocycles. The molecule has 0 saturated carbocycles. The Morgan fingerprint density at radius 3 is 1.96 bits per heavy atom. The van der Waals surface area contributed by atoms with Crippen molar-refractivity contribution in [2.75, 3.05) is 5.06 Å². The maximum absolute atomic E-state index is 11.5. The Hall–Kier alpha value is -2.91. The Bertz CT molecular complexity index is 974. The number of para-hydroxylation sites is 2. The van der Waals surface area contributed by atoms with Gasteiger partial charge in [0.2, 0.25) is 0 Å². The molecule has 3 heteroatoms. The van der Waals surface area contributed by atoms with Crippen LogP contribution < -0.4 is 5.06 Å². The zero-order valence-electron chi connectivity index (χ0n) is 15.9. The molecule has 1 heterocycles. The van der Waals surface area contributed by atoms with E-state index in [0.717, 1.165) is 28.2 Å². The van der Waals surface area contributed by atoms with Crippen molar-refractivity contribution in [1.82, 2.24) is 0 Å². The fourth-order valence-corrected chi connectivity index (χ4v) is 4.15. The second-order valence-corrected chi connectivity index (χ2v) is 7.95. The van der Waals surface area contributed by atoms with Gasteiger partial charge < -0.3 is 0 Å². The molecule has 136 valence electrons. The third-order valence-electron chi connectivity index (χ3n) is 5.32. The average Bonchev–Trinajstić information content (AvgIpc) is 2.93. The largest absolute Gasteiger partial charge is 0.287 e. The zero-order valence-corrected chi connectivity index (χ0v) is 15.9. The van der Waals surface area contributed by atoms with Gasteiger partial charge in [0.1, 0.15) is 5.54 Å². The predicted octanol–water partition coefficient (Wildman–Crippen LogP) is 5.96. The summed E-state index contributed by atoms with van der Waals surface area (Å²) in [6, 6.07) is 28.0. The molecule has 3 nitrogen and oxygen atoms in total. The Labute approximate surface area is 160 Å². The maximum atomic E-state index is 11.5. The lowest BCUT2D eigenvalue weighted by atomic mass is 9.66. The van der Waals surface area contributed by atoms with E-state index in [4.69, 9.17) is 4.99 Å². The van der Waals surface area contributed by atoms with Crippen LogP contribution in [0.1, 0.15) is 31.9 Å². The van der Waals surface area contributed by atoms with Crippen molar-refractivity contribution in [1.29, 1.82) is 0 Å². The van der Waals surface area contributed by atoms with Gasteiger partial charge in [-0.15, -0.1) is 0 Å². The van der Waals surface area contributed by atoms with Crippen molar-refractivity contribution in [2.24, 2.45) is 10.4 Å². The molecule has 1 N–H and O–H groups in total. The van der Waals surface area contributed by atoms with Crippen LogP contribution in [0.4, 0.5) is 11.4 Å². The predicted molar refractivity (Wildman–Crippen MR) is 111 cm³/mol. The molecule has 4 rings (SSSR count). The molecule has 1 unspecified atom stereocenters. The van der Waals surface area contributed by atoms with Crippen LogP contribution in [0.5, 0.6) is 0 Å². The summed E-state index contributed by atoms with van der Waals surface area (Å²) in [7, 11) is 0. The van der Waals surface area contributed by atoms with E-state index >= 15 is 0 Å². The summed E-state index contributed by atoms with van der Waals surface area (Å²) in [4.78, 5) is 5.06. The van der Waals surface area contributed by atoms with Crippen LogP contribution in [-0.2, 0) is 5.54 Å². The Kier molecular flexibility index (Phi) is 4.12. The quantitative estimate of drug-likeness (QED) is 0.615. The van der Waals surface area contributed by atoms with Crippen LogP contribution in [0.3, 0.4) is 0 Å². The number of fused-ring (bicyclic) bond motifs is 1. The van der Waals surface area contributed by atoms with Crippen LogP contribution in [0.2, 0.25) is 0 Å². The molecule has 1 atom stereocenters. The third kappa shape index (κ3) is 2.58. The SMILES string of the molecule is CC(C)(C)C1(c2ccccc2)C(=Nc2ccccc2)c2ccccc2N1O. The van der Waals surface area contributed by atoms with Crippen LogP contribution in [0.25, 0.3) is 0 Å². The summed E-state index contributed by atoms with van der Waals surface area (Å²) < 4.78 is 0. The molecule has 0 bridgehead atoms. The standard InChI is InChI=1S/C24H24N2O/c1-23(2,3)24(18-12-6-4-7-13-18)22(25-19-14-8-5-9-15-19)20-16-10-11-17-21(20)26(24)27/h4-17,27H,1-3H3. The van der Waals surface area contributed by atoms with Gasteiger partial charge in [-0.05, 0) is 29.2 Å². The maximum Gasteiger partial charge on any atom is 0.139 e. The number of rotatable bonds is 2. The van der Waals surface area contributed by atoms with Crippen LogP contribution in [0, 0.1) is 5.41 Å². The summed E-state index contributed by atoms with van der Waals surface area (Å²) in [6.07, 6.45) is 0. The molecule has 0 aliphatic carbocycles. The molecule has 0 amide bonds. The smallest absolute Gasteiger partial charge is 0.139 e. The van der Waals surface area contributed by atoms with E-state index in [9.17, 15) is 5.21 Å². The first-order valence-corrected chi connectivity index (χ1v) is 9.24. The van der Waals surface area contributed by atoms with Crippen molar-refractivity contribution >= 4 is 17.1 Å². The molecule has 0 spiro atoms. The highest BCUT2D eigenvalue weighted by atomic mass is 16.5. The van der Waals surface area contributed by atoms with Crippen molar-refractivity contribution < 1.29 is 5.21 Å². The van der Waals surface area contributed by atoms with Gasteiger partial charge in [-0.2, -0.15) is 0 Å². The highest BCUT2D eigenvalue weighted by molar-refractivity contribution is 6.18. The minimum atomic E-state index is -0.798. The van der Waals surface area contributed by atoms with Gasteiger partial charge in [-0.25, -0.2) is 10.1 Å². The summed E-state index contributed by atoms with van der Waals surface area (Å²) in [5.41, 5.74) is 3.39. The van der Waals surface area contributed by atoms with Gasteiger partial charge in [-0.3, -0.25) is 5.21 Å². The Morgan fingerprint density at radius 1 is 0.778 bits per heavy atom. The second-order valence-electron chi connectivity index (χ2n) is 7.95. The first-order valence-electron chi connectivity index (χ1n) is 9.24. The molecule has 3 aromatic rings. The van der Waals surface area contributed by atoms with Crippen LogP contribution >= 0.6 is 0 Å². The van der Waals surface area contributed by atoms with E-state index in [1.54, 1.807) is 0 Å². The number of benzene rings is 3. The first kappa shape index (κ1) is 17.5. The average molecular weight is 356 g/mol. The number of aliphatic imine (C=N–C) groups is 1. The number of hydroxylamine groups is 1. The van der Waals surface area contributed by atoms with Gasteiger partial charge in [0, 0.05) is 5.56 Å². The molecular formula is C24H24N2O. The lowest BCUT2D eigenvalue weighted by Crippen LogP contribution is -2.55. The van der Waals surface area contributed by atoms with E-state index < -0.39 is 5.54 Å². The molecule has 1 aliphatic rings. The summed E-state index contributed by atoms with van der Waals surface area (Å²) in [5.74, 6) is 0. The van der Waals surface area contributed by atoms with E-state index in [-0.39, 0.29) is 5.41 Å². The number of hydrogen-bond donors (Lipinski definition) is 1. The lowest BCUT2D eigenvalue weighted by Gasteiger charge is -2.46. The Morgan fingerprint density at radius 2 is 1.33 bits per heavy atom. The molecule has 27 heavy (non-hydrogen) atoms. The third-order valence-corrected chi connectivity index (χ3v) is 5.32. The van der Waals surface area contributed by atoms with Gasteiger partial charge in [-0.1, -0.05) is 87.5 Å². The molecule has 0 saturated heterocycles. The monoisotopic (exact) mass is 356 g/mol. The minimum absolute atomic E-state index is 0.324. The summed E-state index contributed by atoms with van der Waals surface area (Å²) >= 11 is 0. The van der Waals surface area contributed by atoms with Gasteiger partial charge in [0.15, 0.2) is 0 Å². The minimum Gasteiger partial charge on any atom is -0.287 e. The second kappa shape index (κ2) is 6.36. The molecule has 0 radical (unpaired) electrons. The van der Waals surface area contributed by atoms with Crippen LogP contribution in [0.15, 0.2) is 89.9 Å². The van der Waals surface area contributed by atoms with Crippen LogP contribution in [-0.4, -0.2) is 10.9 Å². The Balaban J connectivity index is 2.08. The topological polar surface area (TPSA) is 35.8 Å². The molecular weight excluding hydrogens is 332 g/mol. The molecule has 0 aromatic heterocycles. The fourth-order valence-electron chi connectivity index (χ4n) is 4.15. The lowest BCUT2D eigenvalue weighted by molar-refractivity contribution is 0.114.